The van der Waals surface area contributed by atoms with Crippen LogP contribution in [-0.2, 0) is 10.0 Å². The molecule has 0 heterocycles. The molecule has 170 valence electrons. The maximum atomic E-state index is 12.7. The molecule has 0 radical (unpaired) electrons. The van der Waals surface area contributed by atoms with Crippen LogP contribution < -0.4 is 21.5 Å². The highest BCUT2D eigenvalue weighted by molar-refractivity contribution is 7.92. The third-order valence-electron chi connectivity index (χ3n) is 5.04. The summed E-state index contributed by atoms with van der Waals surface area (Å²) in [6.45, 7) is 3.70. The van der Waals surface area contributed by atoms with Crippen LogP contribution in [0.3, 0.4) is 0 Å². The first-order chi connectivity index (χ1) is 15.5. The molecule has 0 aliphatic carbocycles. The van der Waals surface area contributed by atoms with E-state index in [1.54, 1.807) is 12.1 Å². The topological polar surface area (TPSA) is 161 Å². The molecule has 0 aliphatic heterocycles. The highest BCUT2D eigenvalue weighted by Crippen LogP contribution is 2.23. The van der Waals surface area contributed by atoms with E-state index in [0.29, 0.717) is 5.69 Å². The first-order valence-corrected chi connectivity index (χ1v) is 11.2. The van der Waals surface area contributed by atoms with Crippen molar-refractivity contribution >= 4 is 39.1 Å². The molecular weight excluding hydrogens is 444 g/mol. The maximum Gasteiger partial charge on any atom is 0.261 e. The first-order valence-electron chi connectivity index (χ1n) is 9.73. The van der Waals surface area contributed by atoms with Crippen molar-refractivity contribution in [1.82, 2.24) is 0 Å². The highest BCUT2D eigenvalue weighted by Gasteiger charge is 2.17. The Labute approximate surface area is 190 Å². The molecule has 3 aromatic carbocycles. The number of anilines is 2. The molecule has 3 aromatic rings. The number of primary amides is 2. The van der Waals surface area contributed by atoms with E-state index >= 15 is 0 Å². The number of hydrogen-bond donors (Lipinski definition) is 4. The normalized spacial score (nSPS) is 11.0. The summed E-state index contributed by atoms with van der Waals surface area (Å²) in [5.41, 5.74) is 13.0. The maximum absolute atomic E-state index is 12.7. The minimum atomic E-state index is -3.87. The predicted molar refractivity (Wildman–Crippen MR) is 125 cm³/mol. The van der Waals surface area contributed by atoms with E-state index in [1.807, 2.05) is 19.9 Å². The van der Waals surface area contributed by atoms with Gasteiger partial charge < -0.3 is 16.8 Å². The average molecular weight is 467 g/mol. The third-order valence-corrected chi connectivity index (χ3v) is 6.42. The molecule has 9 nitrogen and oxygen atoms in total. The standard InChI is InChI=1S/C23H22N4O5S/c1-13-4-3-5-20(14(13)2)27-33(31,32)19-8-6-15(7-9-19)23(30)26-18-11-16(21(24)28)10-17(12-18)22(25)29/h3-12,27H,1-2H3,(H2,24,28)(H2,25,29)(H,26,30). The summed E-state index contributed by atoms with van der Waals surface area (Å²) < 4.78 is 28.0. The number of benzene rings is 3. The van der Waals surface area contributed by atoms with Crippen molar-refractivity contribution in [2.24, 2.45) is 11.5 Å². The molecule has 0 saturated carbocycles. The minimum absolute atomic E-state index is 0.000517. The van der Waals surface area contributed by atoms with E-state index in [9.17, 15) is 22.8 Å². The summed E-state index contributed by atoms with van der Waals surface area (Å²) in [5.74, 6) is -2.17. The lowest BCUT2D eigenvalue weighted by atomic mass is 10.1. The highest BCUT2D eigenvalue weighted by atomic mass is 32.2. The Bertz CT molecular complexity index is 1330. The summed E-state index contributed by atoms with van der Waals surface area (Å²) in [4.78, 5) is 35.5. The molecule has 33 heavy (non-hydrogen) atoms. The summed E-state index contributed by atoms with van der Waals surface area (Å²) in [5, 5.41) is 2.54. The van der Waals surface area contributed by atoms with E-state index in [1.165, 1.54) is 42.5 Å². The van der Waals surface area contributed by atoms with Gasteiger partial charge in [0, 0.05) is 22.4 Å². The van der Waals surface area contributed by atoms with Crippen LogP contribution in [0.25, 0.3) is 0 Å². The van der Waals surface area contributed by atoms with Crippen LogP contribution in [0, 0.1) is 13.8 Å². The Morgan fingerprint density at radius 1 is 0.788 bits per heavy atom. The number of carbonyl (C=O) groups excluding carboxylic acids is 3. The van der Waals surface area contributed by atoms with E-state index in [4.69, 9.17) is 11.5 Å². The molecule has 3 rings (SSSR count). The van der Waals surface area contributed by atoms with Crippen LogP contribution in [0.15, 0.2) is 65.6 Å². The zero-order chi connectivity index (χ0) is 24.3. The Hall–Kier alpha value is -4.18. The molecule has 0 aromatic heterocycles. The number of nitrogens with two attached hydrogens (primary N) is 2. The van der Waals surface area contributed by atoms with Gasteiger partial charge in [-0.1, -0.05) is 12.1 Å². The second-order valence-corrected chi connectivity index (χ2v) is 9.04. The fraction of sp³-hybridized carbons (Fsp3) is 0.0870. The Balaban J connectivity index is 1.81. The predicted octanol–water partition coefficient (Wildman–Crippen LogP) is 2.55. The number of amides is 3. The van der Waals surface area contributed by atoms with Crippen LogP contribution in [0.4, 0.5) is 11.4 Å². The van der Waals surface area contributed by atoms with Crippen LogP contribution in [0.2, 0.25) is 0 Å². The van der Waals surface area contributed by atoms with Crippen molar-refractivity contribution in [3.63, 3.8) is 0 Å². The molecule has 0 bridgehead atoms. The van der Waals surface area contributed by atoms with Crippen molar-refractivity contribution in [1.29, 1.82) is 0 Å². The quantitative estimate of drug-likeness (QED) is 0.420. The number of aryl methyl sites for hydroxylation is 1. The fourth-order valence-electron chi connectivity index (χ4n) is 3.04. The van der Waals surface area contributed by atoms with Crippen molar-refractivity contribution in [2.75, 3.05) is 10.0 Å². The van der Waals surface area contributed by atoms with E-state index < -0.39 is 27.7 Å². The largest absolute Gasteiger partial charge is 0.366 e. The van der Waals surface area contributed by atoms with E-state index in [0.717, 1.165) is 11.1 Å². The zero-order valence-electron chi connectivity index (χ0n) is 17.9. The van der Waals surface area contributed by atoms with Crippen molar-refractivity contribution in [3.8, 4) is 0 Å². The number of rotatable bonds is 7. The molecule has 0 aliphatic rings. The van der Waals surface area contributed by atoms with E-state index in [-0.39, 0.29) is 27.3 Å². The van der Waals surface area contributed by atoms with E-state index in [2.05, 4.69) is 10.0 Å². The number of carbonyl (C=O) groups is 3. The second-order valence-electron chi connectivity index (χ2n) is 7.36. The molecule has 3 amide bonds. The number of sulfonamides is 1. The number of hydrogen-bond acceptors (Lipinski definition) is 5. The Morgan fingerprint density at radius 3 is 1.91 bits per heavy atom. The molecule has 0 atom stereocenters. The van der Waals surface area contributed by atoms with Gasteiger partial charge in [-0.05, 0) is 73.5 Å². The molecule has 10 heteroatoms. The first kappa shape index (κ1) is 23.5. The van der Waals surface area contributed by atoms with Crippen LogP contribution in [-0.4, -0.2) is 26.1 Å². The molecule has 0 unspecified atom stereocenters. The summed E-state index contributed by atoms with van der Waals surface area (Å²) in [6, 6.07) is 14.4. The van der Waals surface area contributed by atoms with Crippen molar-refractivity contribution < 1.29 is 22.8 Å². The average Bonchev–Trinajstić information content (AvgIpc) is 2.76. The van der Waals surface area contributed by atoms with Crippen LogP contribution >= 0.6 is 0 Å². The lowest BCUT2D eigenvalue weighted by Crippen LogP contribution is -2.18. The van der Waals surface area contributed by atoms with Gasteiger partial charge in [-0.15, -0.1) is 0 Å². The molecule has 0 spiro atoms. The van der Waals surface area contributed by atoms with Gasteiger partial charge in [0.1, 0.15) is 0 Å². The van der Waals surface area contributed by atoms with Gasteiger partial charge in [-0.2, -0.15) is 0 Å². The van der Waals surface area contributed by atoms with Crippen LogP contribution in [0.5, 0.6) is 0 Å². The van der Waals surface area contributed by atoms with Gasteiger partial charge >= 0.3 is 0 Å². The van der Waals surface area contributed by atoms with Gasteiger partial charge in [0.25, 0.3) is 15.9 Å². The molecule has 6 N–H and O–H groups in total. The lowest BCUT2D eigenvalue weighted by molar-refractivity contribution is 0.0994. The van der Waals surface area contributed by atoms with Gasteiger partial charge in [0.2, 0.25) is 11.8 Å². The Morgan fingerprint density at radius 2 is 1.36 bits per heavy atom. The van der Waals surface area contributed by atoms with Crippen molar-refractivity contribution in [3.05, 3.63) is 88.5 Å². The van der Waals surface area contributed by atoms with Crippen molar-refractivity contribution in [2.45, 2.75) is 18.7 Å². The second kappa shape index (κ2) is 9.13. The molecule has 0 fully saturated rings. The lowest BCUT2D eigenvalue weighted by Gasteiger charge is -2.13. The van der Waals surface area contributed by atoms with Gasteiger partial charge in [-0.3, -0.25) is 19.1 Å². The summed E-state index contributed by atoms with van der Waals surface area (Å²) in [6.07, 6.45) is 0. The monoisotopic (exact) mass is 466 g/mol. The zero-order valence-corrected chi connectivity index (χ0v) is 18.7. The Kier molecular flexibility index (Phi) is 6.50. The third kappa shape index (κ3) is 5.36. The van der Waals surface area contributed by atoms with Gasteiger partial charge in [-0.25, -0.2) is 8.42 Å². The molecular formula is C23H22N4O5S. The molecule has 0 saturated heterocycles. The SMILES string of the molecule is Cc1cccc(NS(=O)(=O)c2ccc(C(=O)Nc3cc(C(N)=O)cc(C(N)=O)c3)cc2)c1C. The number of nitrogens with one attached hydrogen (secondary N) is 2. The van der Waals surface area contributed by atoms with Crippen LogP contribution in [0.1, 0.15) is 42.2 Å². The summed E-state index contributed by atoms with van der Waals surface area (Å²) in [7, 11) is -3.87. The smallest absolute Gasteiger partial charge is 0.261 e. The van der Waals surface area contributed by atoms with Gasteiger partial charge in [0.15, 0.2) is 0 Å². The van der Waals surface area contributed by atoms with Gasteiger partial charge in [0.05, 0.1) is 10.6 Å². The summed E-state index contributed by atoms with van der Waals surface area (Å²) >= 11 is 0. The fourth-order valence-corrected chi connectivity index (χ4v) is 4.16. The minimum Gasteiger partial charge on any atom is -0.366 e.